The van der Waals surface area contributed by atoms with Gasteiger partial charge in [0.25, 0.3) is 11.5 Å². The maximum atomic E-state index is 13.4. The Bertz CT molecular complexity index is 1480. The van der Waals surface area contributed by atoms with E-state index in [1.807, 2.05) is 4.90 Å². The Labute approximate surface area is 233 Å². The molecule has 3 aliphatic rings. The second kappa shape index (κ2) is 11.1. The van der Waals surface area contributed by atoms with Gasteiger partial charge in [-0.05, 0) is 83.2 Å². The lowest BCUT2D eigenvalue weighted by Crippen LogP contribution is -2.45. The molecule has 10 heteroatoms. The molecule has 40 heavy (non-hydrogen) atoms. The van der Waals surface area contributed by atoms with Gasteiger partial charge in [-0.3, -0.25) is 19.0 Å². The zero-order chi connectivity index (χ0) is 27.8. The zero-order valence-electron chi connectivity index (χ0n) is 23.4. The van der Waals surface area contributed by atoms with Gasteiger partial charge in [0, 0.05) is 43.0 Å². The fourth-order valence-electron chi connectivity index (χ4n) is 6.74. The van der Waals surface area contributed by atoms with Crippen LogP contribution in [0.15, 0.2) is 29.3 Å². The molecule has 5 heterocycles. The summed E-state index contributed by atoms with van der Waals surface area (Å²) in [5, 5.41) is 3.83. The SMILES string of the molecule is CC(=O)c1c(C)c2cnc(Nc3ccc(C(=O)N4CCC(N5CCCC5)CC4)cn3)nc2n(C2CCCC2)c1=O. The number of nitrogens with zero attached hydrogens (tertiary/aromatic N) is 6. The van der Waals surface area contributed by atoms with Gasteiger partial charge in [0.15, 0.2) is 5.78 Å². The lowest BCUT2D eigenvalue weighted by Gasteiger charge is -2.36. The highest BCUT2D eigenvalue weighted by Gasteiger charge is 2.29. The molecular weight excluding hydrogens is 506 g/mol. The molecule has 1 saturated carbocycles. The third-order valence-electron chi connectivity index (χ3n) is 8.91. The van der Waals surface area contributed by atoms with E-state index in [0.29, 0.717) is 40.0 Å². The number of aromatic nitrogens is 4. The second-order valence-electron chi connectivity index (χ2n) is 11.4. The first-order valence-corrected chi connectivity index (χ1v) is 14.6. The summed E-state index contributed by atoms with van der Waals surface area (Å²) >= 11 is 0. The molecular formula is C30H37N7O3. The van der Waals surface area contributed by atoms with Gasteiger partial charge in [-0.15, -0.1) is 0 Å². The first-order chi connectivity index (χ1) is 19.4. The van der Waals surface area contributed by atoms with Crippen LogP contribution in [0.25, 0.3) is 11.0 Å². The molecule has 0 spiro atoms. The first-order valence-electron chi connectivity index (χ1n) is 14.6. The molecule has 1 aliphatic carbocycles. The van der Waals surface area contributed by atoms with Crippen LogP contribution in [-0.4, -0.2) is 73.2 Å². The van der Waals surface area contributed by atoms with Gasteiger partial charge in [-0.1, -0.05) is 12.8 Å². The van der Waals surface area contributed by atoms with E-state index in [4.69, 9.17) is 4.98 Å². The van der Waals surface area contributed by atoms with Crippen molar-refractivity contribution in [2.45, 2.75) is 77.3 Å². The van der Waals surface area contributed by atoms with Crippen molar-refractivity contribution in [3.8, 4) is 0 Å². The Morgan fingerprint density at radius 2 is 1.62 bits per heavy atom. The summed E-state index contributed by atoms with van der Waals surface area (Å²) in [6.07, 6.45) is 11.7. The molecule has 6 rings (SSSR count). The molecule has 0 radical (unpaired) electrons. The number of rotatable bonds is 6. The minimum atomic E-state index is -0.278. The van der Waals surface area contributed by atoms with Crippen molar-refractivity contribution in [2.24, 2.45) is 0 Å². The van der Waals surface area contributed by atoms with E-state index in [2.05, 4.69) is 20.2 Å². The van der Waals surface area contributed by atoms with Crippen LogP contribution in [0.3, 0.4) is 0 Å². The van der Waals surface area contributed by atoms with Crippen LogP contribution in [0.4, 0.5) is 11.8 Å². The average molecular weight is 544 g/mol. The van der Waals surface area contributed by atoms with Crippen LogP contribution in [0.5, 0.6) is 0 Å². The van der Waals surface area contributed by atoms with E-state index in [1.165, 1.54) is 32.9 Å². The fourth-order valence-corrected chi connectivity index (χ4v) is 6.74. The van der Waals surface area contributed by atoms with Gasteiger partial charge in [-0.2, -0.15) is 4.98 Å². The number of aryl methyl sites for hydroxylation is 1. The highest BCUT2D eigenvalue weighted by atomic mass is 16.2. The number of nitrogens with one attached hydrogen (secondary N) is 1. The number of hydrogen-bond donors (Lipinski definition) is 1. The van der Waals surface area contributed by atoms with E-state index in [0.717, 1.165) is 51.6 Å². The summed E-state index contributed by atoms with van der Waals surface area (Å²) in [4.78, 5) is 57.0. The minimum absolute atomic E-state index is 0.0122. The lowest BCUT2D eigenvalue weighted by molar-refractivity contribution is 0.0644. The molecule has 3 aromatic heterocycles. The fraction of sp³-hybridized carbons (Fsp3) is 0.533. The van der Waals surface area contributed by atoms with E-state index < -0.39 is 0 Å². The Morgan fingerprint density at radius 1 is 0.900 bits per heavy atom. The van der Waals surface area contributed by atoms with Gasteiger partial charge < -0.3 is 15.1 Å². The van der Waals surface area contributed by atoms with Crippen LogP contribution in [-0.2, 0) is 0 Å². The Kier molecular flexibility index (Phi) is 7.35. The van der Waals surface area contributed by atoms with E-state index >= 15 is 0 Å². The zero-order valence-corrected chi connectivity index (χ0v) is 23.4. The number of likely N-dealkylation sites (tertiary alicyclic amines) is 2. The number of Topliss-reactive ketones (excluding diaryl/α,β-unsaturated/α-hetero) is 1. The molecule has 0 unspecified atom stereocenters. The summed E-state index contributed by atoms with van der Waals surface area (Å²) in [5.74, 6) is 0.589. The first kappa shape index (κ1) is 26.6. The summed E-state index contributed by atoms with van der Waals surface area (Å²) in [6.45, 7) is 7.14. The molecule has 2 saturated heterocycles. The van der Waals surface area contributed by atoms with E-state index in [9.17, 15) is 14.4 Å². The van der Waals surface area contributed by atoms with E-state index in [-0.39, 0.29) is 28.9 Å². The van der Waals surface area contributed by atoms with Crippen molar-refractivity contribution in [3.05, 3.63) is 51.6 Å². The number of carbonyl (C=O) groups is 2. The molecule has 10 nitrogen and oxygen atoms in total. The van der Waals surface area contributed by atoms with Crippen molar-refractivity contribution in [1.29, 1.82) is 0 Å². The van der Waals surface area contributed by atoms with Crippen LogP contribution in [0.1, 0.15) is 90.6 Å². The third-order valence-corrected chi connectivity index (χ3v) is 8.91. The van der Waals surface area contributed by atoms with Gasteiger partial charge in [0.05, 0.1) is 11.1 Å². The highest BCUT2D eigenvalue weighted by molar-refractivity contribution is 5.99. The minimum Gasteiger partial charge on any atom is -0.338 e. The normalized spacial score (nSPS) is 19.0. The average Bonchev–Trinajstić information content (AvgIpc) is 3.69. The number of amides is 1. The number of carbonyl (C=O) groups excluding carboxylic acids is 2. The molecule has 3 aromatic rings. The van der Waals surface area contributed by atoms with Gasteiger partial charge in [0.2, 0.25) is 5.95 Å². The molecule has 210 valence electrons. The molecule has 3 fully saturated rings. The number of ketones is 1. The molecule has 2 aliphatic heterocycles. The predicted molar refractivity (Wildman–Crippen MR) is 153 cm³/mol. The quantitative estimate of drug-likeness (QED) is 0.459. The van der Waals surface area contributed by atoms with Gasteiger partial charge in [-0.25, -0.2) is 9.97 Å². The maximum Gasteiger partial charge on any atom is 0.263 e. The standard InChI is InChI=1S/C30H37N7O3/c1-19-24-18-32-30(34-27(24)37(23-7-3-4-8-23)29(40)26(19)20(2)38)33-25-10-9-21(17-31-25)28(39)36-15-11-22(12-16-36)35-13-5-6-14-35/h9-10,17-18,22-23H,3-8,11-16H2,1-2H3,(H,31,32,33,34). The maximum absolute atomic E-state index is 13.4. The molecule has 0 atom stereocenters. The Balaban J connectivity index is 1.20. The van der Waals surface area contributed by atoms with Crippen LogP contribution in [0, 0.1) is 6.92 Å². The van der Waals surface area contributed by atoms with Crippen LogP contribution in [0.2, 0.25) is 0 Å². The number of fused-ring (bicyclic) bond motifs is 1. The molecule has 0 aromatic carbocycles. The molecule has 1 amide bonds. The highest BCUT2D eigenvalue weighted by Crippen LogP contribution is 2.32. The summed E-state index contributed by atoms with van der Waals surface area (Å²) in [5.41, 5.74) is 1.64. The molecule has 0 bridgehead atoms. The van der Waals surface area contributed by atoms with Crippen molar-refractivity contribution in [1.82, 2.24) is 29.3 Å². The lowest BCUT2D eigenvalue weighted by atomic mass is 10.0. The van der Waals surface area contributed by atoms with Crippen molar-refractivity contribution >= 4 is 34.5 Å². The summed E-state index contributed by atoms with van der Waals surface area (Å²) < 4.78 is 1.70. The van der Waals surface area contributed by atoms with Gasteiger partial charge in [0.1, 0.15) is 11.5 Å². The van der Waals surface area contributed by atoms with Crippen molar-refractivity contribution in [2.75, 3.05) is 31.5 Å². The predicted octanol–water partition coefficient (Wildman–Crippen LogP) is 4.26. The number of hydrogen-bond acceptors (Lipinski definition) is 8. The van der Waals surface area contributed by atoms with Crippen molar-refractivity contribution < 1.29 is 9.59 Å². The molecule has 1 N–H and O–H groups in total. The number of anilines is 2. The number of pyridine rings is 2. The van der Waals surface area contributed by atoms with Crippen LogP contribution >= 0.6 is 0 Å². The van der Waals surface area contributed by atoms with E-state index in [1.54, 1.807) is 36.0 Å². The van der Waals surface area contributed by atoms with Crippen LogP contribution < -0.4 is 10.9 Å². The topological polar surface area (TPSA) is 113 Å². The van der Waals surface area contributed by atoms with Gasteiger partial charge >= 0.3 is 0 Å². The monoisotopic (exact) mass is 543 g/mol. The Hall–Kier alpha value is -3.66. The van der Waals surface area contributed by atoms with Crippen molar-refractivity contribution in [3.63, 3.8) is 0 Å². The Morgan fingerprint density at radius 3 is 2.27 bits per heavy atom. The third kappa shape index (κ3) is 5.00. The number of piperidine rings is 1. The summed E-state index contributed by atoms with van der Waals surface area (Å²) in [6, 6.07) is 4.15. The summed E-state index contributed by atoms with van der Waals surface area (Å²) in [7, 11) is 0. The largest absolute Gasteiger partial charge is 0.338 e. The second-order valence-corrected chi connectivity index (χ2v) is 11.4. The smallest absolute Gasteiger partial charge is 0.263 e.